The molecule has 0 atom stereocenters. The van der Waals surface area contributed by atoms with E-state index in [1.54, 1.807) is 18.2 Å². The first kappa shape index (κ1) is 11.1. The first-order chi connectivity index (χ1) is 8.68. The molecule has 3 rings (SSSR count). The summed E-state index contributed by atoms with van der Waals surface area (Å²) >= 11 is 5.13. The summed E-state index contributed by atoms with van der Waals surface area (Å²) in [6.07, 6.45) is 0. The molecule has 2 nitrogen and oxygen atoms in total. The average molecular weight is 262 g/mol. The molecule has 1 N–H and O–H groups in total. The van der Waals surface area contributed by atoms with Gasteiger partial charge in [0.2, 0.25) is 0 Å². The lowest BCUT2D eigenvalue weighted by Gasteiger charge is -2.06. The van der Waals surface area contributed by atoms with E-state index in [2.05, 4.69) is 4.98 Å². The molecule has 90 valence electrons. The van der Waals surface area contributed by atoms with Crippen molar-refractivity contribution in [1.82, 2.24) is 9.55 Å². The molecule has 0 bridgehead atoms. The van der Waals surface area contributed by atoms with E-state index in [-0.39, 0.29) is 10.5 Å². The van der Waals surface area contributed by atoms with E-state index in [4.69, 9.17) is 12.2 Å². The quantitative estimate of drug-likeness (QED) is 0.658. The number of fused-ring (bicyclic) bond motifs is 1. The van der Waals surface area contributed by atoms with Crippen LogP contribution in [-0.4, -0.2) is 9.55 Å². The van der Waals surface area contributed by atoms with E-state index in [1.807, 2.05) is 6.07 Å². The van der Waals surface area contributed by atoms with E-state index < -0.39 is 11.6 Å². The average Bonchev–Trinajstić information content (AvgIpc) is 2.66. The number of rotatable bonds is 1. The Balaban J connectivity index is 2.46. The summed E-state index contributed by atoms with van der Waals surface area (Å²) in [4.78, 5) is 2.92. The summed E-state index contributed by atoms with van der Waals surface area (Å²) in [5.41, 5.74) is 1.23. The van der Waals surface area contributed by atoms with Crippen molar-refractivity contribution in [1.29, 1.82) is 0 Å². The van der Waals surface area contributed by atoms with Crippen molar-refractivity contribution in [3.63, 3.8) is 0 Å². The first-order valence-corrected chi connectivity index (χ1v) is 5.73. The van der Waals surface area contributed by atoms with Gasteiger partial charge in [0.1, 0.15) is 17.3 Å². The second-order valence-electron chi connectivity index (χ2n) is 3.85. The predicted octanol–water partition coefficient (Wildman–Crippen LogP) is 3.97. The van der Waals surface area contributed by atoms with Crippen LogP contribution < -0.4 is 0 Å². The molecule has 0 saturated carbocycles. The summed E-state index contributed by atoms with van der Waals surface area (Å²) in [5.74, 6) is -1.29. The van der Waals surface area contributed by atoms with Gasteiger partial charge in [-0.1, -0.05) is 18.2 Å². The number of H-pyrrole nitrogens is 1. The second kappa shape index (κ2) is 4.03. The Hall–Kier alpha value is -2.01. The minimum Gasteiger partial charge on any atom is -0.330 e. The van der Waals surface area contributed by atoms with Crippen molar-refractivity contribution in [2.75, 3.05) is 0 Å². The van der Waals surface area contributed by atoms with Crippen molar-refractivity contribution in [2.24, 2.45) is 0 Å². The van der Waals surface area contributed by atoms with Gasteiger partial charge in [0.05, 0.1) is 11.0 Å². The monoisotopic (exact) mass is 262 g/mol. The van der Waals surface area contributed by atoms with Crippen LogP contribution in [0.3, 0.4) is 0 Å². The zero-order valence-electron chi connectivity index (χ0n) is 9.15. The molecule has 1 aromatic heterocycles. The molecule has 0 unspecified atom stereocenters. The molecule has 0 spiro atoms. The molecule has 2 aromatic carbocycles. The highest BCUT2D eigenvalue weighted by atomic mass is 32.1. The molecule has 1 heterocycles. The molecule has 0 saturated heterocycles. The number of hydrogen-bond acceptors (Lipinski definition) is 1. The van der Waals surface area contributed by atoms with Crippen LogP contribution in [-0.2, 0) is 0 Å². The zero-order valence-corrected chi connectivity index (χ0v) is 9.97. The lowest BCUT2D eigenvalue weighted by Crippen LogP contribution is -2.01. The molecule has 0 amide bonds. The number of nitrogens with one attached hydrogen (secondary N) is 1. The van der Waals surface area contributed by atoms with Gasteiger partial charge in [-0.2, -0.15) is 0 Å². The molecule has 0 aliphatic heterocycles. The lowest BCUT2D eigenvalue weighted by molar-refractivity contribution is 0.570. The van der Waals surface area contributed by atoms with Crippen LogP contribution in [0.1, 0.15) is 0 Å². The summed E-state index contributed by atoms with van der Waals surface area (Å²) < 4.78 is 29.2. The summed E-state index contributed by atoms with van der Waals surface area (Å²) in [6.45, 7) is 0. The summed E-state index contributed by atoms with van der Waals surface area (Å²) in [6, 6.07) is 10.9. The molecule has 18 heavy (non-hydrogen) atoms. The normalized spacial score (nSPS) is 11.0. The van der Waals surface area contributed by atoms with Crippen LogP contribution in [0.15, 0.2) is 42.5 Å². The van der Waals surface area contributed by atoms with Crippen molar-refractivity contribution in [3.05, 3.63) is 58.9 Å². The predicted molar refractivity (Wildman–Crippen MR) is 68.4 cm³/mol. The largest absolute Gasteiger partial charge is 0.330 e. The third-order valence-corrected chi connectivity index (χ3v) is 3.04. The number of hydrogen-bond donors (Lipinski definition) is 1. The van der Waals surface area contributed by atoms with Gasteiger partial charge >= 0.3 is 0 Å². The van der Waals surface area contributed by atoms with Gasteiger partial charge < -0.3 is 4.98 Å². The third kappa shape index (κ3) is 1.55. The third-order valence-electron chi connectivity index (χ3n) is 2.75. The van der Waals surface area contributed by atoms with Crippen LogP contribution in [0.5, 0.6) is 0 Å². The zero-order chi connectivity index (χ0) is 12.7. The smallest absolute Gasteiger partial charge is 0.182 e. The number of benzene rings is 2. The topological polar surface area (TPSA) is 20.7 Å². The number of nitrogens with zero attached hydrogens (tertiary/aromatic N) is 1. The number of aromatic nitrogens is 2. The van der Waals surface area contributed by atoms with Gasteiger partial charge in [0.25, 0.3) is 0 Å². The number of aromatic amines is 1. The molecular formula is C13H8F2N2S. The van der Waals surface area contributed by atoms with Crippen LogP contribution in [0.4, 0.5) is 8.78 Å². The van der Waals surface area contributed by atoms with Gasteiger partial charge in [0, 0.05) is 0 Å². The molecule has 3 aromatic rings. The Morgan fingerprint density at radius 1 is 0.944 bits per heavy atom. The van der Waals surface area contributed by atoms with E-state index in [0.29, 0.717) is 5.52 Å². The maximum absolute atomic E-state index is 13.8. The van der Waals surface area contributed by atoms with Crippen LogP contribution in [0.2, 0.25) is 0 Å². The molecule has 0 aliphatic carbocycles. The van der Waals surface area contributed by atoms with Crippen molar-refractivity contribution in [2.45, 2.75) is 0 Å². The lowest BCUT2D eigenvalue weighted by atomic mass is 10.2. The standard InChI is InChI=1S/C13H8F2N2S/c14-8-4-3-5-9(15)12(8)17-11-7-2-1-6-10(11)16-13(17)18/h1-7H,(H,16,18). The fraction of sp³-hybridized carbons (Fsp3) is 0. The highest BCUT2D eigenvalue weighted by molar-refractivity contribution is 7.71. The number of para-hydroxylation sites is 3. The van der Waals surface area contributed by atoms with Gasteiger partial charge in [-0.15, -0.1) is 0 Å². The van der Waals surface area contributed by atoms with Crippen LogP contribution in [0, 0.1) is 16.4 Å². The molecule has 0 aliphatic rings. The maximum atomic E-state index is 13.8. The number of imidazole rings is 1. The highest BCUT2D eigenvalue weighted by Gasteiger charge is 2.14. The van der Waals surface area contributed by atoms with Crippen molar-refractivity contribution in [3.8, 4) is 5.69 Å². The maximum Gasteiger partial charge on any atom is 0.182 e. The van der Waals surface area contributed by atoms with Crippen LogP contribution in [0.25, 0.3) is 16.7 Å². The minimum atomic E-state index is -0.643. The Kier molecular flexibility index (Phi) is 2.48. The Bertz CT molecular complexity index is 769. The molecular weight excluding hydrogens is 254 g/mol. The first-order valence-electron chi connectivity index (χ1n) is 5.32. The Morgan fingerprint density at radius 2 is 1.61 bits per heavy atom. The highest BCUT2D eigenvalue weighted by Crippen LogP contribution is 2.23. The fourth-order valence-electron chi connectivity index (χ4n) is 1.98. The Morgan fingerprint density at radius 3 is 2.33 bits per heavy atom. The number of halogens is 2. The van der Waals surface area contributed by atoms with E-state index in [0.717, 1.165) is 5.52 Å². The van der Waals surface area contributed by atoms with E-state index in [9.17, 15) is 8.78 Å². The van der Waals surface area contributed by atoms with Gasteiger partial charge in [-0.05, 0) is 36.5 Å². The molecule has 0 radical (unpaired) electrons. The van der Waals surface area contributed by atoms with E-state index in [1.165, 1.54) is 22.8 Å². The Labute approximate surface area is 106 Å². The molecule has 5 heteroatoms. The fourth-order valence-corrected chi connectivity index (χ4v) is 2.28. The molecule has 0 fully saturated rings. The van der Waals surface area contributed by atoms with Crippen LogP contribution >= 0.6 is 12.2 Å². The second-order valence-corrected chi connectivity index (χ2v) is 4.24. The summed E-state index contributed by atoms with van der Waals surface area (Å²) in [7, 11) is 0. The minimum absolute atomic E-state index is 0.153. The SMILES string of the molecule is Fc1cccc(F)c1-n1c(=S)[nH]c2ccccc21. The van der Waals surface area contributed by atoms with E-state index >= 15 is 0 Å². The van der Waals surface area contributed by atoms with Crippen molar-refractivity contribution < 1.29 is 8.78 Å². The van der Waals surface area contributed by atoms with Gasteiger partial charge in [-0.3, -0.25) is 4.57 Å². The summed E-state index contributed by atoms with van der Waals surface area (Å²) in [5, 5.41) is 0. The van der Waals surface area contributed by atoms with Gasteiger partial charge in [0.15, 0.2) is 4.77 Å². The van der Waals surface area contributed by atoms with Gasteiger partial charge in [-0.25, -0.2) is 8.78 Å². The van der Waals surface area contributed by atoms with Crippen molar-refractivity contribution >= 4 is 23.3 Å².